The molecule has 0 aliphatic carbocycles. The molecule has 0 unspecified atom stereocenters. The molecule has 0 saturated heterocycles. The van der Waals surface area contributed by atoms with Gasteiger partial charge < -0.3 is 0 Å². The van der Waals surface area contributed by atoms with Crippen LogP contribution < -0.4 is 0 Å². The summed E-state index contributed by atoms with van der Waals surface area (Å²) in [7, 11) is -4.00. The monoisotopic (exact) mass is 255 g/mol. The van der Waals surface area contributed by atoms with Gasteiger partial charge in [0, 0.05) is 7.05 Å². The van der Waals surface area contributed by atoms with Crippen molar-refractivity contribution in [2.45, 2.75) is 11.3 Å². The van der Waals surface area contributed by atoms with E-state index in [0.717, 1.165) is 7.05 Å². The Morgan fingerprint density at radius 1 is 1.33 bits per heavy atom. The van der Waals surface area contributed by atoms with Gasteiger partial charge >= 0.3 is 45.9 Å². The Hall–Kier alpha value is -0.160. The number of rotatable bonds is 1. The van der Waals surface area contributed by atoms with Crippen molar-refractivity contribution < 1.29 is 26.1 Å². The number of halogens is 3. The number of aromatic nitrogens is 3. The molecule has 1 N–H and O–H groups in total. The van der Waals surface area contributed by atoms with Crippen LogP contribution in [0, 0.1) is 0 Å². The molecule has 0 bridgehead atoms. The summed E-state index contributed by atoms with van der Waals surface area (Å²) in [6.07, 6.45) is -4.81. The molecule has 11 heteroatoms. The third kappa shape index (κ3) is 3.14. The standard InChI is InChI=1S/C4H4F3N3O3S.Na.H/c1-10-2(4(5,6)7)8-9-3(10)14(11,12)13;;/h1H3,(H,11,12,13);;. The van der Waals surface area contributed by atoms with Crippen LogP contribution in [0.15, 0.2) is 5.16 Å². The molecule has 0 spiro atoms. The van der Waals surface area contributed by atoms with Crippen molar-refractivity contribution in [2.75, 3.05) is 0 Å². The molecular weight excluding hydrogens is 250 g/mol. The number of alkyl halides is 3. The minimum absolute atomic E-state index is 0. The Kier molecular flexibility index (Phi) is 4.33. The molecule has 1 aromatic heterocycles. The molecule has 6 nitrogen and oxygen atoms in total. The Morgan fingerprint density at radius 3 is 2.00 bits per heavy atom. The van der Waals surface area contributed by atoms with E-state index in [-0.39, 0.29) is 34.1 Å². The van der Waals surface area contributed by atoms with Crippen LogP contribution in [-0.4, -0.2) is 57.3 Å². The molecule has 1 heterocycles. The van der Waals surface area contributed by atoms with Gasteiger partial charge in [-0.1, -0.05) is 0 Å². The van der Waals surface area contributed by atoms with E-state index >= 15 is 0 Å². The predicted octanol–water partition coefficient (Wildman–Crippen LogP) is -0.568. The molecule has 0 fully saturated rings. The molecule has 0 aromatic carbocycles. The quantitative estimate of drug-likeness (QED) is 0.536. The van der Waals surface area contributed by atoms with Crippen molar-refractivity contribution in [3.05, 3.63) is 5.82 Å². The summed E-state index contributed by atoms with van der Waals surface area (Å²) in [5.41, 5.74) is 0. The summed E-state index contributed by atoms with van der Waals surface area (Å²) < 4.78 is 65.6. The molecule has 82 valence electrons. The van der Waals surface area contributed by atoms with Crippen LogP contribution in [0.3, 0.4) is 0 Å². The molecule has 0 saturated carbocycles. The molecule has 15 heavy (non-hydrogen) atoms. The van der Waals surface area contributed by atoms with Crippen LogP contribution in [0.25, 0.3) is 0 Å². The van der Waals surface area contributed by atoms with Crippen molar-refractivity contribution in [1.29, 1.82) is 0 Å². The molecule has 1 aromatic rings. The average molecular weight is 255 g/mol. The van der Waals surface area contributed by atoms with Gasteiger partial charge in [-0.25, -0.2) is 0 Å². The number of hydrogen-bond donors (Lipinski definition) is 1. The summed E-state index contributed by atoms with van der Waals surface area (Å²) in [4.78, 5) is 0. The molecule has 0 atom stereocenters. The zero-order valence-corrected chi connectivity index (χ0v) is 7.46. The van der Waals surface area contributed by atoms with Gasteiger partial charge in [-0.15, -0.1) is 10.2 Å². The fourth-order valence-electron chi connectivity index (χ4n) is 0.786. The summed E-state index contributed by atoms with van der Waals surface area (Å²) in [6, 6.07) is 0. The normalized spacial score (nSPS) is 12.3. The van der Waals surface area contributed by atoms with E-state index in [1.807, 2.05) is 0 Å². The third-order valence-electron chi connectivity index (χ3n) is 1.32. The van der Waals surface area contributed by atoms with Crippen molar-refractivity contribution in [1.82, 2.24) is 14.8 Å². The summed E-state index contributed by atoms with van der Waals surface area (Å²) in [5.74, 6) is -1.50. The van der Waals surface area contributed by atoms with E-state index < -0.39 is 27.3 Å². The Morgan fingerprint density at radius 2 is 1.80 bits per heavy atom. The van der Waals surface area contributed by atoms with E-state index in [4.69, 9.17) is 4.55 Å². The molecular formula is C4H5F3N3NaO3S. The second-order valence-electron chi connectivity index (χ2n) is 2.34. The topological polar surface area (TPSA) is 85.1 Å². The van der Waals surface area contributed by atoms with E-state index in [2.05, 4.69) is 10.2 Å². The van der Waals surface area contributed by atoms with Gasteiger partial charge in [0.25, 0.3) is 5.16 Å². The molecule has 0 aliphatic heterocycles. The van der Waals surface area contributed by atoms with E-state index in [9.17, 15) is 21.6 Å². The van der Waals surface area contributed by atoms with Crippen LogP contribution in [0.5, 0.6) is 0 Å². The first-order chi connectivity index (χ1) is 6.14. The predicted molar refractivity (Wildman–Crippen MR) is 43.0 cm³/mol. The first-order valence-corrected chi connectivity index (χ1v) is 4.52. The van der Waals surface area contributed by atoms with Gasteiger partial charge in [0.15, 0.2) is 0 Å². The van der Waals surface area contributed by atoms with Crippen molar-refractivity contribution in [3.63, 3.8) is 0 Å². The fourth-order valence-corrected chi connectivity index (χ4v) is 1.36. The first kappa shape index (κ1) is 14.8. The van der Waals surface area contributed by atoms with Gasteiger partial charge in [0.05, 0.1) is 0 Å². The van der Waals surface area contributed by atoms with Crippen molar-refractivity contribution >= 4 is 39.7 Å². The van der Waals surface area contributed by atoms with Gasteiger partial charge in [-0.2, -0.15) is 21.6 Å². The van der Waals surface area contributed by atoms with Crippen LogP contribution in [-0.2, 0) is 23.3 Å². The van der Waals surface area contributed by atoms with Gasteiger partial charge in [-0.05, 0) is 0 Å². The maximum atomic E-state index is 12.1. The first-order valence-electron chi connectivity index (χ1n) is 3.08. The summed E-state index contributed by atoms with van der Waals surface area (Å²) in [6.45, 7) is 0. The Balaban J connectivity index is 0.00000196. The zero-order chi connectivity index (χ0) is 11.1. The zero-order valence-electron chi connectivity index (χ0n) is 6.65. The molecule has 0 amide bonds. The molecule has 0 radical (unpaired) electrons. The van der Waals surface area contributed by atoms with Crippen LogP contribution in [0.4, 0.5) is 13.2 Å². The van der Waals surface area contributed by atoms with E-state index in [1.54, 1.807) is 0 Å². The summed E-state index contributed by atoms with van der Waals surface area (Å²) >= 11 is 0. The minimum atomic E-state index is -4.81. The van der Waals surface area contributed by atoms with E-state index in [0.29, 0.717) is 0 Å². The Labute approximate surface area is 105 Å². The number of hydrogen-bond acceptors (Lipinski definition) is 4. The fraction of sp³-hybridized carbons (Fsp3) is 0.500. The second kappa shape index (κ2) is 4.37. The maximum absolute atomic E-state index is 12.1. The number of nitrogens with zero attached hydrogens (tertiary/aromatic N) is 3. The molecule has 1 rings (SSSR count). The van der Waals surface area contributed by atoms with Crippen molar-refractivity contribution in [2.24, 2.45) is 7.05 Å². The molecule has 0 aliphatic rings. The van der Waals surface area contributed by atoms with Gasteiger partial charge in [0.2, 0.25) is 5.82 Å². The van der Waals surface area contributed by atoms with Crippen molar-refractivity contribution in [3.8, 4) is 0 Å². The summed E-state index contributed by atoms with van der Waals surface area (Å²) in [5, 5.41) is 4.16. The SMILES string of the molecule is Cn1c(C(F)(F)F)nnc1S(=O)(=O)O.[NaH]. The van der Waals surface area contributed by atoms with Gasteiger partial charge in [-0.3, -0.25) is 9.12 Å². The average Bonchev–Trinajstić information content (AvgIpc) is 2.26. The van der Waals surface area contributed by atoms with Crippen LogP contribution >= 0.6 is 0 Å². The Bertz CT molecular complexity index is 453. The van der Waals surface area contributed by atoms with Crippen LogP contribution in [0.2, 0.25) is 0 Å². The second-order valence-corrected chi connectivity index (χ2v) is 3.65. The van der Waals surface area contributed by atoms with E-state index in [1.165, 1.54) is 0 Å². The third-order valence-corrected chi connectivity index (χ3v) is 2.14. The van der Waals surface area contributed by atoms with Gasteiger partial charge in [0.1, 0.15) is 0 Å². The van der Waals surface area contributed by atoms with Crippen LogP contribution in [0.1, 0.15) is 5.82 Å².